The molecule has 1 amide bonds. The number of nitrogens with two attached hydrogens (primary N) is 1. The molecule has 1 aromatic carbocycles. The van der Waals surface area contributed by atoms with Crippen molar-refractivity contribution in [3.05, 3.63) is 36.0 Å². The molecule has 0 fully saturated rings. The van der Waals surface area contributed by atoms with Crippen molar-refractivity contribution in [2.24, 2.45) is 5.73 Å². The van der Waals surface area contributed by atoms with Gasteiger partial charge < -0.3 is 15.2 Å². The second-order valence-corrected chi connectivity index (χ2v) is 4.96. The lowest BCUT2D eigenvalue weighted by molar-refractivity contribution is -0.130. The Morgan fingerprint density at radius 2 is 2.16 bits per heavy atom. The van der Waals surface area contributed by atoms with E-state index in [0.717, 1.165) is 11.9 Å². The van der Waals surface area contributed by atoms with Crippen LogP contribution in [-0.4, -0.2) is 35.5 Å². The molecule has 0 aliphatic rings. The maximum Gasteiger partial charge on any atom is 0.242 e. The van der Waals surface area contributed by atoms with Crippen LogP contribution < -0.4 is 5.73 Å². The van der Waals surface area contributed by atoms with Gasteiger partial charge in [0.15, 0.2) is 0 Å². The highest BCUT2D eigenvalue weighted by molar-refractivity contribution is 5.83. The standard InChI is InChI=1S/C15H21N3O/c1-12-4-5-13-6-9-18(14(13)10-12)11-15(19)17(2)8-3-7-16/h4-6,9-10H,3,7-8,11,16H2,1-2H3. The van der Waals surface area contributed by atoms with Gasteiger partial charge in [0.25, 0.3) is 0 Å². The van der Waals surface area contributed by atoms with Gasteiger partial charge >= 0.3 is 0 Å². The second-order valence-electron chi connectivity index (χ2n) is 4.96. The summed E-state index contributed by atoms with van der Waals surface area (Å²) in [5.41, 5.74) is 7.78. The zero-order valence-electron chi connectivity index (χ0n) is 11.6. The van der Waals surface area contributed by atoms with Crippen molar-refractivity contribution in [3.8, 4) is 0 Å². The normalized spacial score (nSPS) is 10.9. The van der Waals surface area contributed by atoms with Gasteiger partial charge in [-0.1, -0.05) is 12.1 Å². The molecule has 2 N–H and O–H groups in total. The van der Waals surface area contributed by atoms with Crippen LogP contribution in [0.3, 0.4) is 0 Å². The number of amides is 1. The molecule has 0 aliphatic carbocycles. The minimum Gasteiger partial charge on any atom is -0.344 e. The van der Waals surface area contributed by atoms with E-state index in [9.17, 15) is 4.79 Å². The van der Waals surface area contributed by atoms with Gasteiger partial charge in [0.1, 0.15) is 6.54 Å². The zero-order valence-corrected chi connectivity index (χ0v) is 11.6. The molecule has 0 unspecified atom stereocenters. The molecule has 4 nitrogen and oxygen atoms in total. The average Bonchev–Trinajstić information content (AvgIpc) is 2.78. The highest BCUT2D eigenvalue weighted by atomic mass is 16.2. The van der Waals surface area contributed by atoms with E-state index in [0.29, 0.717) is 19.6 Å². The number of benzene rings is 1. The number of rotatable bonds is 5. The highest BCUT2D eigenvalue weighted by Gasteiger charge is 2.10. The number of likely N-dealkylation sites (N-methyl/N-ethyl adjacent to an activating group) is 1. The van der Waals surface area contributed by atoms with Gasteiger partial charge in [0, 0.05) is 25.3 Å². The zero-order chi connectivity index (χ0) is 13.8. The summed E-state index contributed by atoms with van der Waals surface area (Å²) in [6, 6.07) is 8.33. The first-order valence-electron chi connectivity index (χ1n) is 6.61. The van der Waals surface area contributed by atoms with Crippen LogP contribution in [-0.2, 0) is 11.3 Å². The summed E-state index contributed by atoms with van der Waals surface area (Å²) in [6.45, 7) is 3.77. The lowest BCUT2D eigenvalue weighted by Gasteiger charge is -2.17. The number of nitrogens with zero attached hydrogens (tertiary/aromatic N) is 2. The minimum atomic E-state index is 0.118. The predicted molar refractivity (Wildman–Crippen MR) is 78.0 cm³/mol. The van der Waals surface area contributed by atoms with Crippen LogP contribution in [0, 0.1) is 6.92 Å². The van der Waals surface area contributed by atoms with Crippen molar-refractivity contribution in [2.75, 3.05) is 20.1 Å². The van der Waals surface area contributed by atoms with Crippen LogP contribution in [0.2, 0.25) is 0 Å². The van der Waals surface area contributed by atoms with E-state index in [1.165, 1.54) is 10.9 Å². The van der Waals surface area contributed by atoms with Crippen LogP contribution in [0.4, 0.5) is 0 Å². The number of carbonyl (C=O) groups excluding carboxylic acids is 1. The molecule has 0 saturated heterocycles. The van der Waals surface area contributed by atoms with Gasteiger partial charge in [-0.25, -0.2) is 0 Å². The molecule has 1 aromatic heterocycles. The maximum absolute atomic E-state index is 12.1. The molecular formula is C15H21N3O. The van der Waals surface area contributed by atoms with E-state index >= 15 is 0 Å². The second kappa shape index (κ2) is 5.89. The Morgan fingerprint density at radius 1 is 1.37 bits per heavy atom. The first-order valence-corrected chi connectivity index (χ1v) is 6.61. The fourth-order valence-corrected chi connectivity index (χ4v) is 2.15. The fourth-order valence-electron chi connectivity index (χ4n) is 2.15. The third-order valence-corrected chi connectivity index (χ3v) is 3.36. The monoisotopic (exact) mass is 259 g/mol. The third kappa shape index (κ3) is 3.15. The molecule has 0 aliphatic heterocycles. The van der Waals surface area contributed by atoms with Gasteiger partial charge in [-0.15, -0.1) is 0 Å². The van der Waals surface area contributed by atoms with E-state index in [-0.39, 0.29) is 5.91 Å². The third-order valence-electron chi connectivity index (χ3n) is 3.36. The van der Waals surface area contributed by atoms with Crippen LogP contribution >= 0.6 is 0 Å². The molecule has 0 radical (unpaired) electrons. The van der Waals surface area contributed by atoms with Gasteiger partial charge in [0.2, 0.25) is 5.91 Å². The number of aromatic nitrogens is 1. The summed E-state index contributed by atoms with van der Waals surface area (Å²) in [5, 5.41) is 1.17. The highest BCUT2D eigenvalue weighted by Crippen LogP contribution is 2.17. The quantitative estimate of drug-likeness (QED) is 0.889. The molecule has 19 heavy (non-hydrogen) atoms. The van der Waals surface area contributed by atoms with Crippen molar-refractivity contribution in [1.82, 2.24) is 9.47 Å². The summed E-state index contributed by atoms with van der Waals surface area (Å²) in [6.07, 6.45) is 2.81. The lowest BCUT2D eigenvalue weighted by atomic mass is 10.2. The summed E-state index contributed by atoms with van der Waals surface area (Å²) < 4.78 is 2.00. The Kier molecular flexibility index (Phi) is 4.22. The van der Waals surface area contributed by atoms with Crippen molar-refractivity contribution >= 4 is 16.8 Å². The smallest absolute Gasteiger partial charge is 0.242 e. The summed E-state index contributed by atoms with van der Waals surface area (Å²) >= 11 is 0. The molecule has 4 heteroatoms. The predicted octanol–water partition coefficient (Wildman–Crippen LogP) is 1.76. The number of hydrogen-bond acceptors (Lipinski definition) is 2. The first-order chi connectivity index (χ1) is 9.11. The fraction of sp³-hybridized carbons (Fsp3) is 0.400. The van der Waals surface area contributed by atoms with E-state index in [1.54, 1.807) is 4.90 Å². The minimum absolute atomic E-state index is 0.118. The van der Waals surface area contributed by atoms with Crippen molar-refractivity contribution in [3.63, 3.8) is 0 Å². The van der Waals surface area contributed by atoms with Gasteiger partial charge in [0.05, 0.1) is 0 Å². The van der Waals surface area contributed by atoms with E-state index < -0.39 is 0 Å². The van der Waals surface area contributed by atoms with Crippen LogP contribution in [0.5, 0.6) is 0 Å². The molecule has 2 aromatic rings. The van der Waals surface area contributed by atoms with E-state index in [1.807, 2.05) is 23.9 Å². The van der Waals surface area contributed by atoms with Crippen molar-refractivity contribution < 1.29 is 4.79 Å². The van der Waals surface area contributed by atoms with Gasteiger partial charge in [-0.05, 0) is 43.0 Å². The van der Waals surface area contributed by atoms with E-state index in [4.69, 9.17) is 5.73 Å². The Balaban J connectivity index is 2.12. The molecule has 1 heterocycles. The first kappa shape index (κ1) is 13.6. The van der Waals surface area contributed by atoms with Crippen LogP contribution in [0.1, 0.15) is 12.0 Å². The Bertz CT molecular complexity index is 574. The van der Waals surface area contributed by atoms with Gasteiger partial charge in [-0.2, -0.15) is 0 Å². The topological polar surface area (TPSA) is 51.3 Å². The Morgan fingerprint density at radius 3 is 2.89 bits per heavy atom. The number of hydrogen-bond donors (Lipinski definition) is 1. The lowest BCUT2D eigenvalue weighted by Crippen LogP contribution is -2.31. The van der Waals surface area contributed by atoms with Crippen molar-refractivity contribution in [2.45, 2.75) is 19.9 Å². The molecule has 0 atom stereocenters. The Labute approximate surface area is 113 Å². The number of fused-ring (bicyclic) bond motifs is 1. The van der Waals surface area contributed by atoms with Crippen molar-refractivity contribution in [1.29, 1.82) is 0 Å². The van der Waals surface area contributed by atoms with Gasteiger partial charge in [-0.3, -0.25) is 4.79 Å². The van der Waals surface area contributed by atoms with E-state index in [2.05, 4.69) is 25.1 Å². The van der Waals surface area contributed by atoms with Crippen LogP contribution in [0.15, 0.2) is 30.5 Å². The summed E-state index contributed by atoms with van der Waals surface area (Å²) in [7, 11) is 1.83. The SMILES string of the molecule is Cc1ccc2ccn(CC(=O)N(C)CCCN)c2c1. The molecular weight excluding hydrogens is 238 g/mol. The maximum atomic E-state index is 12.1. The number of carbonyl (C=O) groups is 1. The number of aryl methyl sites for hydroxylation is 1. The molecule has 0 saturated carbocycles. The average molecular weight is 259 g/mol. The Hall–Kier alpha value is -1.81. The largest absolute Gasteiger partial charge is 0.344 e. The molecule has 0 bridgehead atoms. The molecule has 102 valence electrons. The summed E-state index contributed by atoms with van der Waals surface area (Å²) in [5.74, 6) is 0.118. The molecule has 0 spiro atoms. The van der Waals surface area contributed by atoms with Crippen LogP contribution in [0.25, 0.3) is 10.9 Å². The summed E-state index contributed by atoms with van der Waals surface area (Å²) in [4.78, 5) is 13.9. The molecule has 2 rings (SSSR count).